The van der Waals surface area contributed by atoms with Crippen LogP contribution >= 0.6 is 11.3 Å². The summed E-state index contributed by atoms with van der Waals surface area (Å²) < 4.78 is 0. The number of carbonyl (C=O) groups excluding carboxylic acids is 1. The van der Waals surface area contributed by atoms with Crippen molar-refractivity contribution >= 4 is 22.9 Å². The summed E-state index contributed by atoms with van der Waals surface area (Å²) in [4.78, 5) is 19.1. The number of nitrogens with zero attached hydrogens (tertiary/aromatic N) is 2. The number of hydrogen-bond donors (Lipinski definition) is 2. The van der Waals surface area contributed by atoms with E-state index >= 15 is 0 Å². The van der Waals surface area contributed by atoms with Gasteiger partial charge in [-0.1, -0.05) is 12.1 Å². The predicted octanol–water partition coefficient (Wildman–Crippen LogP) is 1.13. The van der Waals surface area contributed by atoms with Gasteiger partial charge in [-0.25, -0.2) is 0 Å². The molecule has 0 spiro atoms. The topological polar surface area (TPSA) is 48.2 Å². The third-order valence-electron chi connectivity index (χ3n) is 4.87. The van der Waals surface area contributed by atoms with E-state index in [2.05, 4.69) is 23.3 Å². The zero-order valence-electron chi connectivity index (χ0n) is 14.9. The second-order valence-corrected chi connectivity index (χ2v) is 7.68. The standard InChI is InChI=1S/C19H25N3O2S/c1-15-7-12-25-18(15)13-20(2)19(24)14-21-8-10-22(11-9-21)16-5-3-4-6-17(16)23/h3-7,12,23H,8-11,13-14H2,1-2H3/p+1. The largest absolute Gasteiger partial charge is 0.506 e. The van der Waals surface area contributed by atoms with Gasteiger partial charge in [-0.2, -0.15) is 0 Å². The molecule has 25 heavy (non-hydrogen) atoms. The van der Waals surface area contributed by atoms with Gasteiger partial charge in [0.15, 0.2) is 6.54 Å². The number of thiophene rings is 1. The highest BCUT2D eigenvalue weighted by atomic mass is 32.1. The normalized spacial score (nSPS) is 15.4. The van der Waals surface area contributed by atoms with Gasteiger partial charge in [0.25, 0.3) is 5.91 Å². The Morgan fingerprint density at radius 1 is 1.28 bits per heavy atom. The fourth-order valence-electron chi connectivity index (χ4n) is 3.19. The number of phenolic OH excluding ortho intramolecular Hbond substituents is 1. The monoisotopic (exact) mass is 360 g/mol. The minimum atomic E-state index is 0.193. The Bertz CT molecular complexity index is 723. The van der Waals surface area contributed by atoms with Gasteiger partial charge in [0.2, 0.25) is 0 Å². The van der Waals surface area contributed by atoms with E-state index in [9.17, 15) is 9.90 Å². The van der Waals surface area contributed by atoms with Gasteiger partial charge in [0, 0.05) is 11.9 Å². The van der Waals surface area contributed by atoms with Crippen molar-refractivity contribution in [3.05, 3.63) is 46.2 Å². The number of quaternary nitrogens is 1. The van der Waals surface area contributed by atoms with Crippen LogP contribution in [0, 0.1) is 6.92 Å². The van der Waals surface area contributed by atoms with Gasteiger partial charge in [-0.15, -0.1) is 11.3 Å². The number of likely N-dealkylation sites (N-methyl/N-ethyl adjacent to an activating group) is 1. The quantitative estimate of drug-likeness (QED) is 0.840. The minimum Gasteiger partial charge on any atom is -0.506 e. The molecule has 134 valence electrons. The van der Waals surface area contributed by atoms with E-state index in [0.717, 1.165) is 31.9 Å². The molecule has 2 aromatic rings. The first-order valence-electron chi connectivity index (χ1n) is 8.68. The van der Waals surface area contributed by atoms with Crippen molar-refractivity contribution in [1.29, 1.82) is 0 Å². The summed E-state index contributed by atoms with van der Waals surface area (Å²) in [7, 11) is 1.89. The van der Waals surface area contributed by atoms with Crippen molar-refractivity contribution in [2.45, 2.75) is 13.5 Å². The number of para-hydroxylation sites is 2. The first-order valence-corrected chi connectivity index (χ1v) is 9.56. The van der Waals surface area contributed by atoms with Gasteiger partial charge >= 0.3 is 0 Å². The van der Waals surface area contributed by atoms with Crippen molar-refractivity contribution in [3.8, 4) is 5.75 Å². The van der Waals surface area contributed by atoms with Crippen molar-refractivity contribution in [2.75, 3.05) is 44.7 Å². The number of benzene rings is 1. The lowest BCUT2D eigenvalue weighted by Crippen LogP contribution is -3.15. The maximum absolute atomic E-state index is 12.5. The zero-order valence-corrected chi connectivity index (χ0v) is 15.7. The smallest absolute Gasteiger partial charge is 0.277 e. The molecule has 6 heteroatoms. The Morgan fingerprint density at radius 3 is 2.64 bits per heavy atom. The summed E-state index contributed by atoms with van der Waals surface area (Å²) in [6, 6.07) is 9.55. The van der Waals surface area contributed by atoms with Crippen LogP contribution in [0.3, 0.4) is 0 Å². The van der Waals surface area contributed by atoms with Crippen LogP contribution in [-0.4, -0.2) is 55.7 Å². The van der Waals surface area contributed by atoms with Crippen LogP contribution in [-0.2, 0) is 11.3 Å². The Balaban J connectivity index is 1.49. The molecular formula is C19H26N3O2S+. The number of hydrogen-bond acceptors (Lipinski definition) is 4. The second kappa shape index (κ2) is 7.89. The molecule has 1 aromatic heterocycles. The highest BCUT2D eigenvalue weighted by Crippen LogP contribution is 2.26. The Labute approximate surface area is 153 Å². The lowest BCUT2D eigenvalue weighted by Gasteiger charge is -2.34. The molecule has 0 bridgehead atoms. The minimum absolute atomic E-state index is 0.193. The first-order chi connectivity index (χ1) is 12.0. The number of phenols is 1. The zero-order chi connectivity index (χ0) is 17.8. The third kappa shape index (κ3) is 4.32. The van der Waals surface area contributed by atoms with E-state index in [-0.39, 0.29) is 5.91 Å². The van der Waals surface area contributed by atoms with Gasteiger partial charge in [-0.3, -0.25) is 4.79 Å². The maximum atomic E-state index is 12.5. The number of aryl methyl sites for hydroxylation is 1. The fraction of sp³-hybridized carbons (Fsp3) is 0.421. The summed E-state index contributed by atoms with van der Waals surface area (Å²) >= 11 is 1.71. The number of piperazine rings is 1. The highest BCUT2D eigenvalue weighted by Gasteiger charge is 2.25. The molecule has 1 aliphatic heterocycles. The molecule has 3 rings (SSSR count). The van der Waals surface area contributed by atoms with Crippen LogP contribution in [0.1, 0.15) is 10.4 Å². The fourth-order valence-corrected chi connectivity index (χ4v) is 4.15. The van der Waals surface area contributed by atoms with E-state index in [4.69, 9.17) is 0 Å². The number of anilines is 1. The maximum Gasteiger partial charge on any atom is 0.277 e. The van der Waals surface area contributed by atoms with Gasteiger partial charge in [0.1, 0.15) is 5.75 Å². The molecule has 0 unspecified atom stereocenters. The summed E-state index contributed by atoms with van der Waals surface area (Å²) in [5.41, 5.74) is 2.14. The summed E-state index contributed by atoms with van der Waals surface area (Å²) in [5, 5.41) is 12.1. The molecule has 2 heterocycles. The summed E-state index contributed by atoms with van der Waals surface area (Å²) in [6.45, 7) is 6.85. The second-order valence-electron chi connectivity index (χ2n) is 6.68. The highest BCUT2D eigenvalue weighted by molar-refractivity contribution is 7.10. The number of carbonyl (C=O) groups is 1. The molecule has 1 fully saturated rings. The Hall–Kier alpha value is -2.05. The number of aromatic hydroxyl groups is 1. The predicted molar refractivity (Wildman–Crippen MR) is 101 cm³/mol. The number of rotatable bonds is 5. The van der Waals surface area contributed by atoms with E-state index < -0.39 is 0 Å². The third-order valence-corrected chi connectivity index (χ3v) is 5.88. The molecule has 1 amide bonds. The average molecular weight is 361 g/mol. The van der Waals surface area contributed by atoms with E-state index in [1.165, 1.54) is 15.3 Å². The number of nitrogens with one attached hydrogen (secondary N) is 1. The van der Waals surface area contributed by atoms with Crippen LogP contribution in [0.5, 0.6) is 5.75 Å². The molecule has 2 N–H and O–H groups in total. The van der Waals surface area contributed by atoms with Crippen LogP contribution in [0.2, 0.25) is 0 Å². The van der Waals surface area contributed by atoms with E-state index in [1.807, 2.05) is 30.1 Å². The summed E-state index contributed by atoms with van der Waals surface area (Å²) in [5.74, 6) is 0.520. The molecule has 1 aliphatic rings. The first kappa shape index (κ1) is 17.8. The molecule has 0 radical (unpaired) electrons. The summed E-state index contributed by atoms with van der Waals surface area (Å²) in [6.07, 6.45) is 0. The van der Waals surface area contributed by atoms with E-state index in [1.54, 1.807) is 17.4 Å². The van der Waals surface area contributed by atoms with Crippen molar-refractivity contribution in [2.24, 2.45) is 0 Å². The van der Waals surface area contributed by atoms with Crippen LogP contribution in [0.25, 0.3) is 0 Å². The van der Waals surface area contributed by atoms with Crippen LogP contribution in [0.15, 0.2) is 35.7 Å². The Kier molecular flexibility index (Phi) is 5.60. The lowest BCUT2D eigenvalue weighted by molar-refractivity contribution is -0.892. The van der Waals surface area contributed by atoms with Crippen molar-refractivity contribution in [3.63, 3.8) is 0 Å². The van der Waals surface area contributed by atoms with Crippen LogP contribution < -0.4 is 9.80 Å². The molecule has 1 saturated heterocycles. The average Bonchev–Trinajstić information content (AvgIpc) is 3.01. The lowest BCUT2D eigenvalue weighted by atomic mass is 10.2. The Morgan fingerprint density at radius 2 is 2.00 bits per heavy atom. The molecular weight excluding hydrogens is 334 g/mol. The van der Waals surface area contributed by atoms with Crippen molar-refractivity contribution in [1.82, 2.24) is 4.90 Å². The molecule has 1 aromatic carbocycles. The molecule has 0 saturated carbocycles. The number of amides is 1. The van der Waals surface area contributed by atoms with Gasteiger partial charge < -0.3 is 19.8 Å². The van der Waals surface area contributed by atoms with E-state index in [0.29, 0.717) is 18.8 Å². The SMILES string of the molecule is Cc1ccsc1CN(C)C(=O)C[NH+]1CCN(c2ccccc2O)CC1. The molecule has 0 aliphatic carbocycles. The van der Waals surface area contributed by atoms with Gasteiger partial charge in [-0.05, 0) is 36.1 Å². The van der Waals surface area contributed by atoms with Crippen molar-refractivity contribution < 1.29 is 14.8 Å². The van der Waals surface area contributed by atoms with Gasteiger partial charge in [0.05, 0.1) is 38.4 Å². The molecule has 5 nitrogen and oxygen atoms in total. The molecule has 0 atom stereocenters. The van der Waals surface area contributed by atoms with Crippen LogP contribution in [0.4, 0.5) is 5.69 Å².